The van der Waals surface area contributed by atoms with Crippen LogP contribution in [-0.4, -0.2) is 30.0 Å². The van der Waals surface area contributed by atoms with Gasteiger partial charge in [0, 0.05) is 19.0 Å². The van der Waals surface area contributed by atoms with E-state index in [1.165, 1.54) is 21.0 Å². The Bertz CT molecular complexity index is 851. The molecule has 0 spiro atoms. The third kappa shape index (κ3) is 4.84. The SMILES string of the molecule is COc1ccc(NC(C)=O)cc1NC(=O)C[C@](C)(C(=O)O)c1ccccc1. The molecule has 0 aliphatic carbocycles. The molecule has 0 bridgehead atoms. The van der Waals surface area contributed by atoms with Gasteiger partial charge in [-0.25, -0.2) is 0 Å². The normalized spacial score (nSPS) is 12.6. The molecule has 0 aliphatic rings. The van der Waals surface area contributed by atoms with Crippen LogP contribution < -0.4 is 15.4 Å². The lowest BCUT2D eigenvalue weighted by molar-refractivity contribution is -0.145. The van der Waals surface area contributed by atoms with Crippen LogP contribution in [0.4, 0.5) is 11.4 Å². The van der Waals surface area contributed by atoms with E-state index in [1.807, 2.05) is 0 Å². The van der Waals surface area contributed by atoms with Gasteiger partial charge in [-0.1, -0.05) is 30.3 Å². The number of hydrogen-bond acceptors (Lipinski definition) is 4. The van der Waals surface area contributed by atoms with Crippen molar-refractivity contribution < 1.29 is 24.2 Å². The van der Waals surface area contributed by atoms with Gasteiger partial charge in [-0.15, -0.1) is 0 Å². The summed E-state index contributed by atoms with van der Waals surface area (Å²) in [6.07, 6.45) is -0.264. The first kappa shape index (κ1) is 20.0. The Morgan fingerprint density at radius 1 is 1.07 bits per heavy atom. The number of carboxylic acid groups (broad SMARTS) is 1. The molecule has 2 aromatic rings. The van der Waals surface area contributed by atoms with Gasteiger partial charge in [0.15, 0.2) is 0 Å². The number of anilines is 2. The van der Waals surface area contributed by atoms with E-state index in [-0.39, 0.29) is 12.3 Å². The molecular weight excluding hydrogens is 348 g/mol. The van der Waals surface area contributed by atoms with E-state index in [2.05, 4.69) is 10.6 Å². The van der Waals surface area contributed by atoms with Crippen LogP contribution >= 0.6 is 0 Å². The maximum Gasteiger partial charge on any atom is 0.314 e. The van der Waals surface area contributed by atoms with E-state index in [0.29, 0.717) is 22.7 Å². The number of carboxylic acids is 1. The Hall–Kier alpha value is -3.35. The number of rotatable bonds is 7. The molecule has 0 heterocycles. The predicted octanol–water partition coefficient (Wildman–Crippen LogP) is 3.02. The second kappa shape index (κ2) is 8.35. The van der Waals surface area contributed by atoms with Gasteiger partial charge in [0.05, 0.1) is 18.2 Å². The molecule has 27 heavy (non-hydrogen) atoms. The minimum Gasteiger partial charge on any atom is -0.495 e. The van der Waals surface area contributed by atoms with Gasteiger partial charge in [0.2, 0.25) is 11.8 Å². The first-order valence-corrected chi connectivity index (χ1v) is 8.30. The standard InChI is InChI=1S/C20H22N2O5/c1-13(23)21-15-9-10-17(27-3)16(11-15)22-18(24)12-20(2,19(25)26)14-7-5-4-6-8-14/h4-11H,12H2,1-3H3,(H,21,23)(H,22,24)(H,25,26)/t20-/m0/s1. The second-order valence-corrected chi connectivity index (χ2v) is 6.32. The first-order valence-electron chi connectivity index (χ1n) is 8.30. The van der Waals surface area contributed by atoms with Crippen LogP contribution in [0.25, 0.3) is 0 Å². The van der Waals surface area contributed by atoms with Crippen LogP contribution in [0.5, 0.6) is 5.75 Å². The lowest BCUT2D eigenvalue weighted by Gasteiger charge is -2.25. The van der Waals surface area contributed by atoms with Crippen molar-refractivity contribution in [1.82, 2.24) is 0 Å². The number of methoxy groups -OCH3 is 1. The fourth-order valence-corrected chi connectivity index (χ4v) is 2.71. The highest BCUT2D eigenvalue weighted by Crippen LogP contribution is 2.31. The molecule has 3 N–H and O–H groups in total. The predicted molar refractivity (Wildman–Crippen MR) is 102 cm³/mol. The van der Waals surface area contributed by atoms with Gasteiger partial charge >= 0.3 is 5.97 Å². The molecule has 0 saturated heterocycles. The van der Waals surface area contributed by atoms with Crippen molar-refractivity contribution in [3.63, 3.8) is 0 Å². The minimum atomic E-state index is -1.38. The summed E-state index contributed by atoms with van der Waals surface area (Å²) in [5, 5.41) is 15.0. The van der Waals surface area contributed by atoms with E-state index < -0.39 is 17.3 Å². The number of aliphatic carboxylic acids is 1. The zero-order valence-corrected chi connectivity index (χ0v) is 15.4. The van der Waals surface area contributed by atoms with E-state index in [9.17, 15) is 19.5 Å². The third-order valence-corrected chi connectivity index (χ3v) is 4.19. The van der Waals surface area contributed by atoms with E-state index in [1.54, 1.807) is 48.5 Å². The molecule has 0 aromatic heterocycles. The molecule has 0 unspecified atom stereocenters. The largest absolute Gasteiger partial charge is 0.495 e. The Morgan fingerprint density at radius 3 is 2.30 bits per heavy atom. The highest BCUT2D eigenvalue weighted by atomic mass is 16.5. The molecule has 7 nitrogen and oxygen atoms in total. The van der Waals surface area contributed by atoms with E-state index in [0.717, 1.165) is 0 Å². The fraction of sp³-hybridized carbons (Fsp3) is 0.250. The minimum absolute atomic E-state index is 0.250. The smallest absolute Gasteiger partial charge is 0.314 e. The van der Waals surface area contributed by atoms with Gasteiger partial charge in [-0.3, -0.25) is 14.4 Å². The summed E-state index contributed by atoms with van der Waals surface area (Å²) in [7, 11) is 1.45. The van der Waals surface area contributed by atoms with Crippen LogP contribution in [0, 0.1) is 0 Å². The van der Waals surface area contributed by atoms with Gasteiger partial charge < -0.3 is 20.5 Å². The number of amides is 2. The van der Waals surface area contributed by atoms with Crippen molar-refractivity contribution in [2.75, 3.05) is 17.7 Å². The highest BCUT2D eigenvalue weighted by Gasteiger charge is 2.37. The summed E-state index contributed by atoms with van der Waals surface area (Å²) in [6.45, 7) is 2.88. The molecule has 7 heteroatoms. The molecule has 2 aromatic carbocycles. The quantitative estimate of drug-likeness (QED) is 0.695. The van der Waals surface area contributed by atoms with Gasteiger partial charge in [-0.05, 0) is 30.7 Å². The molecule has 0 radical (unpaired) electrons. The Kier molecular flexibility index (Phi) is 6.18. The highest BCUT2D eigenvalue weighted by molar-refractivity contribution is 5.98. The van der Waals surface area contributed by atoms with Crippen LogP contribution in [0.2, 0.25) is 0 Å². The van der Waals surface area contributed by atoms with Crippen LogP contribution in [-0.2, 0) is 19.8 Å². The molecule has 0 aliphatic heterocycles. The van der Waals surface area contributed by atoms with Crippen molar-refractivity contribution in [3.05, 3.63) is 54.1 Å². The molecular formula is C20H22N2O5. The number of benzene rings is 2. The number of ether oxygens (including phenoxy) is 1. The molecule has 142 valence electrons. The molecule has 0 fully saturated rings. The van der Waals surface area contributed by atoms with Crippen molar-refractivity contribution in [3.8, 4) is 5.75 Å². The lowest BCUT2D eigenvalue weighted by atomic mass is 9.79. The zero-order valence-electron chi connectivity index (χ0n) is 15.4. The number of carbonyl (C=O) groups is 3. The number of nitrogens with one attached hydrogen (secondary N) is 2. The van der Waals surface area contributed by atoms with Crippen LogP contribution in [0.15, 0.2) is 48.5 Å². The van der Waals surface area contributed by atoms with Crippen molar-refractivity contribution >= 4 is 29.2 Å². The van der Waals surface area contributed by atoms with Crippen molar-refractivity contribution in [2.24, 2.45) is 0 Å². The molecule has 0 saturated carbocycles. The maximum atomic E-state index is 12.6. The lowest BCUT2D eigenvalue weighted by Crippen LogP contribution is -2.36. The van der Waals surface area contributed by atoms with E-state index in [4.69, 9.17) is 4.74 Å². The fourth-order valence-electron chi connectivity index (χ4n) is 2.71. The van der Waals surface area contributed by atoms with Gasteiger partial charge in [0.1, 0.15) is 5.75 Å². The molecule has 1 atom stereocenters. The van der Waals surface area contributed by atoms with Crippen molar-refractivity contribution in [1.29, 1.82) is 0 Å². The summed E-state index contributed by atoms with van der Waals surface area (Å²) in [5.41, 5.74) is -0.0165. The monoisotopic (exact) mass is 370 g/mol. The number of hydrogen-bond donors (Lipinski definition) is 3. The average Bonchev–Trinajstić information content (AvgIpc) is 2.62. The maximum absolute atomic E-state index is 12.6. The first-order chi connectivity index (χ1) is 12.8. The summed E-state index contributed by atoms with van der Waals surface area (Å²) < 4.78 is 5.22. The number of carbonyl (C=O) groups excluding carboxylic acids is 2. The third-order valence-electron chi connectivity index (χ3n) is 4.19. The van der Waals surface area contributed by atoms with Gasteiger partial charge in [0.25, 0.3) is 0 Å². The van der Waals surface area contributed by atoms with Crippen LogP contribution in [0.1, 0.15) is 25.8 Å². The summed E-state index contributed by atoms with van der Waals surface area (Å²) in [6, 6.07) is 13.4. The van der Waals surface area contributed by atoms with E-state index >= 15 is 0 Å². The summed E-state index contributed by atoms with van der Waals surface area (Å²) in [4.78, 5) is 35.7. The average molecular weight is 370 g/mol. The Labute approximate surface area is 157 Å². The second-order valence-electron chi connectivity index (χ2n) is 6.32. The topological polar surface area (TPSA) is 105 Å². The summed E-state index contributed by atoms with van der Waals surface area (Å²) in [5.74, 6) is -1.43. The Balaban J connectivity index is 2.25. The molecule has 2 amide bonds. The van der Waals surface area contributed by atoms with Crippen molar-refractivity contribution in [2.45, 2.75) is 25.7 Å². The summed E-state index contributed by atoms with van der Waals surface area (Å²) >= 11 is 0. The van der Waals surface area contributed by atoms with Crippen LogP contribution in [0.3, 0.4) is 0 Å². The molecule has 2 rings (SSSR count). The Morgan fingerprint density at radius 2 is 1.74 bits per heavy atom. The zero-order chi connectivity index (χ0) is 20.0. The van der Waals surface area contributed by atoms with Gasteiger partial charge in [-0.2, -0.15) is 0 Å².